The van der Waals surface area contributed by atoms with E-state index < -0.39 is 12.1 Å². The molecule has 0 aromatic rings. The molecule has 4 heteroatoms. The molecule has 2 unspecified atom stereocenters. The van der Waals surface area contributed by atoms with Gasteiger partial charge in [0.1, 0.15) is 0 Å². The second-order valence-electron chi connectivity index (χ2n) is 19.7. The summed E-state index contributed by atoms with van der Waals surface area (Å²) in [6.45, 7) is 4.19. The summed E-state index contributed by atoms with van der Waals surface area (Å²) >= 11 is 0. The maximum Gasteiger partial charge on any atom is 0.220 e. The van der Waals surface area contributed by atoms with Crippen LogP contribution >= 0.6 is 0 Å². The minimum absolute atomic E-state index is 0.0892. The molecule has 0 aromatic heterocycles. The first-order chi connectivity index (χ1) is 34.2. The normalized spacial score (nSPS) is 13.6. The Kier molecular flexibility index (Phi) is 56.8. The van der Waals surface area contributed by atoms with Gasteiger partial charge in [0, 0.05) is 6.42 Å². The minimum atomic E-state index is -0.883. The number of aliphatic hydroxyl groups excluding tert-OH is 2. The van der Waals surface area contributed by atoms with Crippen molar-refractivity contribution in [3.05, 3.63) is 109 Å². The van der Waals surface area contributed by atoms with Gasteiger partial charge in [-0.15, -0.1) is 0 Å². The van der Waals surface area contributed by atoms with E-state index in [9.17, 15) is 15.0 Å². The van der Waals surface area contributed by atoms with Gasteiger partial charge >= 0.3 is 0 Å². The first kappa shape index (κ1) is 66.0. The molecular weight excluding hydrogens is 843 g/mol. The van der Waals surface area contributed by atoms with Crippen molar-refractivity contribution in [2.24, 2.45) is 0 Å². The molecule has 0 aliphatic carbocycles. The van der Waals surface area contributed by atoms with Gasteiger partial charge in [0.2, 0.25) is 5.91 Å². The Balaban J connectivity index is 3.61. The van der Waals surface area contributed by atoms with Gasteiger partial charge in [0.05, 0.1) is 18.8 Å². The van der Waals surface area contributed by atoms with E-state index in [-0.39, 0.29) is 12.5 Å². The topological polar surface area (TPSA) is 69.6 Å². The highest BCUT2D eigenvalue weighted by Gasteiger charge is 2.18. The molecule has 1 amide bonds. The third-order valence-electron chi connectivity index (χ3n) is 13.0. The standard InChI is InChI=1S/C65H113NO3/c1-3-5-7-9-11-13-15-17-19-21-23-25-27-29-31-32-33-35-36-38-40-42-44-46-48-50-52-54-56-58-60-64(68)63(62-67)66-65(69)61-59-57-55-53-51-49-47-45-43-41-39-37-34-30-28-26-24-22-20-18-16-14-12-10-8-6-4-2/h6,8,12,14,18,20,24,26,30,34,39,41-42,44,50,52,58,60,63-64,67-68H,3-5,7,9-11,13,15-17,19,21-23,25,27-29,31-33,35-38,40,43,45-49,51,53-57,59,61-62H2,1-2H3,(H,66,69)/b8-6-,14-12-,20-18-,26-24-,34-30-,41-39-,44-42+,52-50+,60-58+. The van der Waals surface area contributed by atoms with Crippen LogP contribution in [0.25, 0.3) is 0 Å². The molecule has 0 aromatic carbocycles. The highest BCUT2D eigenvalue weighted by Crippen LogP contribution is 2.16. The number of allylic oxidation sites excluding steroid dienone is 17. The lowest BCUT2D eigenvalue weighted by molar-refractivity contribution is -0.123. The molecule has 0 aliphatic heterocycles. The van der Waals surface area contributed by atoms with Crippen LogP contribution in [-0.4, -0.2) is 34.9 Å². The molecule has 4 nitrogen and oxygen atoms in total. The summed E-state index contributed by atoms with van der Waals surface area (Å²) in [6.07, 6.45) is 89.7. The van der Waals surface area contributed by atoms with Gasteiger partial charge in [-0.1, -0.05) is 284 Å². The smallest absolute Gasteiger partial charge is 0.220 e. The first-order valence-electron chi connectivity index (χ1n) is 29.6. The molecular formula is C65H113NO3. The third-order valence-corrected chi connectivity index (χ3v) is 13.0. The van der Waals surface area contributed by atoms with Crippen molar-refractivity contribution in [1.29, 1.82) is 0 Å². The number of carbonyl (C=O) groups is 1. The van der Waals surface area contributed by atoms with Crippen molar-refractivity contribution in [3.63, 3.8) is 0 Å². The zero-order valence-corrected chi connectivity index (χ0v) is 45.5. The summed E-state index contributed by atoms with van der Waals surface area (Å²) in [6, 6.07) is -0.660. The summed E-state index contributed by atoms with van der Waals surface area (Å²) < 4.78 is 0. The van der Waals surface area contributed by atoms with Crippen molar-refractivity contribution in [2.45, 2.75) is 289 Å². The monoisotopic (exact) mass is 956 g/mol. The molecule has 0 saturated carbocycles. The molecule has 2 atom stereocenters. The summed E-state index contributed by atoms with van der Waals surface area (Å²) in [5, 5.41) is 23.2. The fourth-order valence-corrected chi connectivity index (χ4v) is 8.51. The van der Waals surface area contributed by atoms with E-state index in [0.717, 1.165) is 89.9 Å². The zero-order valence-electron chi connectivity index (χ0n) is 45.5. The van der Waals surface area contributed by atoms with Gasteiger partial charge in [0.25, 0.3) is 0 Å². The Morgan fingerprint density at radius 3 is 1.01 bits per heavy atom. The van der Waals surface area contributed by atoms with E-state index in [2.05, 4.69) is 116 Å². The van der Waals surface area contributed by atoms with E-state index in [1.807, 2.05) is 6.08 Å². The average Bonchev–Trinajstić information content (AvgIpc) is 3.35. The maximum atomic E-state index is 12.5. The largest absolute Gasteiger partial charge is 0.394 e. The Labute approximate surface area is 429 Å². The van der Waals surface area contributed by atoms with Crippen LogP contribution in [0.4, 0.5) is 0 Å². The lowest BCUT2D eigenvalue weighted by Crippen LogP contribution is -2.45. The van der Waals surface area contributed by atoms with Crippen LogP contribution in [0.3, 0.4) is 0 Å². The van der Waals surface area contributed by atoms with Gasteiger partial charge in [-0.25, -0.2) is 0 Å². The van der Waals surface area contributed by atoms with Crippen molar-refractivity contribution >= 4 is 5.91 Å². The van der Waals surface area contributed by atoms with Gasteiger partial charge in [0.15, 0.2) is 0 Å². The average molecular weight is 957 g/mol. The SMILES string of the molecule is CC/C=C\C/C=C\C/C=C\C/C=C\C/C=C\C/C=C\CCCCCCCCCCC(=O)NC(CO)C(O)/C=C/CC/C=C/CC/C=C/CCCCCCCCCCCCCCCCCCCCCC. The van der Waals surface area contributed by atoms with Crippen molar-refractivity contribution < 1.29 is 15.0 Å². The summed E-state index contributed by atoms with van der Waals surface area (Å²) in [5.74, 6) is -0.0892. The lowest BCUT2D eigenvalue weighted by atomic mass is 10.0. The molecule has 0 heterocycles. The number of hydrogen-bond acceptors (Lipinski definition) is 3. The van der Waals surface area contributed by atoms with Crippen LogP contribution < -0.4 is 5.32 Å². The van der Waals surface area contributed by atoms with Crippen molar-refractivity contribution in [3.8, 4) is 0 Å². The van der Waals surface area contributed by atoms with Crippen molar-refractivity contribution in [1.82, 2.24) is 5.32 Å². The summed E-state index contributed by atoms with van der Waals surface area (Å²) in [4.78, 5) is 12.5. The van der Waals surface area contributed by atoms with E-state index in [4.69, 9.17) is 0 Å². The number of nitrogens with one attached hydrogen (secondary N) is 1. The van der Waals surface area contributed by atoms with Crippen LogP contribution in [-0.2, 0) is 4.79 Å². The van der Waals surface area contributed by atoms with Gasteiger partial charge in [-0.3, -0.25) is 4.79 Å². The molecule has 0 saturated heterocycles. The predicted octanol–water partition coefficient (Wildman–Crippen LogP) is 19.9. The second kappa shape index (κ2) is 59.4. The molecule has 0 fully saturated rings. The third kappa shape index (κ3) is 55.8. The molecule has 0 radical (unpaired) electrons. The van der Waals surface area contributed by atoms with Crippen LogP contribution in [0.5, 0.6) is 0 Å². The van der Waals surface area contributed by atoms with E-state index >= 15 is 0 Å². The Morgan fingerprint density at radius 2 is 0.652 bits per heavy atom. The second-order valence-corrected chi connectivity index (χ2v) is 19.7. The first-order valence-corrected chi connectivity index (χ1v) is 29.6. The maximum absolute atomic E-state index is 12.5. The number of unbranched alkanes of at least 4 members (excludes halogenated alkanes) is 30. The van der Waals surface area contributed by atoms with Crippen LogP contribution in [0, 0.1) is 0 Å². The Bertz CT molecular complexity index is 1310. The lowest BCUT2D eigenvalue weighted by Gasteiger charge is -2.19. The van der Waals surface area contributed by atoms with Gasteiger partial charge < -0.3 is 15.5 Å². The predicted molar refractivity (Wildman–Crippen MR) is 308 cm³/mol. The van der Waals surface area contributed by atoms with E-state index in [0.29, 0.717) is 6.42 Å². The van der Waals surface area contributed by atoms with Gasteiger partial charge in [-0.2, -0.15) is 0 Å². The quantitative estimate of drug-likeness (QED) is 0.0420. The van der Waals surface area contributed by atoms with Crippen molar-refractivity contribution in [2.75, 3.05) is 6.61 Å². The summed E-state index contributed by atoms with van der Waals surface area (Å²) in [5.41, 5.74) is 0. The highest BCUT2D eigenvalue weighted by molar-refractivity contribution is 5.76. The zero-order chi connectivity index (χ0) is 49.9. The molecule has 0 bridgehead atoms. The molecule has 69 heavy (non-hydrogen) atoms. The number of carbonyl (C=O) groups excluding carboxylic acids is 1. The Hall–Kier alpha value is -2.95. The van der Waals surface area contributed by atoms with Crippen LogP contribution in [0.2, 0.25) is 0 Å². The Morgan fingerprint density at radius 1 is 0.362 bits per heavy atom. The number of hydrogen-bond donors (Lipinski definition) is 3. The number of amides is 1. The van der Waals surface area contributed by atoms with Crippen LogP contribution in [0.15, 0.2) is 109 Å². The number of aliphatic hydroxyl groups is 2. The molecule has 0 rings (SSSR count). The van der Waals surface area contributed by atoms with Crippen LogP contribution in [0.1, 0.15) is 277 Å². The molecule has 0 aliphatic rings. The molecule has 0 spiro atoms. The van der Waals surface area contributed by atoms with E-state index in [1.54, 1.807) is 6.08 Å². The van der Waals surface area contributed by atoms with E-state index in [1.165, 1.54) is 167 Å². The molecule has 396 valence electrons. The number of rotatable bonds is 53. The highest BCUT2D eigenvalue weighted by atomic mass is 16.3. The fraction of sp³-hybridized carbons (Fsp3) is 0.708. The molecule has 3 N–H and O–H groups in total. The minimum Gasteiger partial charge on any atom is -0.394 e. The van der Waals surface area contributed by atoms with Gasteiger partial charge in [-0.05, 0) is 96.3 Å². The summed E-state index contributed by atoms with van der Waals surface area (Å²) in [7, 11) is 0. The fourth-order valence-electron chi connectivity index (χ4n) is 8.51.